The summed E-state index contributed by atoms with van der Waals surface area (Å²) in [5.41, 5.74) is 4.52. The van der Waals surface area contributed by atoms with Gasteiger partial charge in [0.2, 0.25) is 0 Å². The maximum atomic E-state index is 7.61. The Kier molecular flexibility index (Phi) is 25.2. The van der Waals surface area contributed by atoms with Crippen LogP contribution >= 0.6 is 0 Å². The fourth-order valence-electron chi connectivity index (χ4n) is 1.89. The van der Waals surface area contributed by atoms with Gasteiger partial charge in [-0.2, -0.15) is 37.1 Å². The van der Waals surface area contributed by atoms with Gasteiger partial charge in [-0.25, -0.2) is 0 Å². The van der Waals surface area contributed by atoms with Crippen molar-refractivity contribution in [3.8, 4) is 0 Å². The molecule has 6 nitrogen and oxygen atoms in total. The van der Waals surface area contributed by atoms with Crippen molar-refractivity contribution in [1.29, 1.82) is 0 Å². The Morgan fingerprint density at radius 2 is 0.800 bits per heavy atom. The number of hydrogen-bond acceptors (Lipinski definition) is 6. The first-order chi connectivity index (χ1) is 12.9. The molecule has 0 saturated heterocycles. The molecule has 0 atom stereocenters. The van der Waals surface area contributed by atoms with Crippen molar-refractivity contribution in [1.82, 2.24) is 0 Å². The first-order valence-electron chi connectivity index (χ1n) is 8.79. The number of aliphatic hydroxyl groups excluding tert-OH is 2. The molecule has 0 bridgehead atoms. The van der Waals surface area contributed by atoms with Crippen LogP contribution in [0.1, 0.15) is 25.0 Å². The SMILES string of the molecule is CC(O)O.CC(O)O.[CH2-]c1ccccc1N(C)C.[CH2-]c1ccccc1N(C)C.[Cr+2].[Cr+2]. The molecule has 2 aromatic rings. The van der Waals surface area contributed by atoms with Crippen molar-refractivity contribution >= 4 is 11.4 Å². The van der Waals surface area contributed by atoms with E-state index in [-0.39, 0.29) is 34.7 Å². The molecule has 2 aromatic carbocycles. The Balaban J connectivity index is -0.000000160. The van der Waals surface area contributed by atoms with Crippen molar-refractivity contribution < 1.29 is 55.1 Å². The number of rotatable bonds is 2. The molecule has 0 aliphatic rings. The maximum Gasteiger partial charge on any atom is 2.00 e. The number of anilines is 2. The van der Waals surface area contributed by atoms with Gasteiger partial charge in [-0.3, -0.25) is 0 Å². The van der Waals surface area contributed by atoms with E-state index < -0.39 is 12.6 Å². The van der Waals surface area contributed by atoms with Crippen LogP contribution in [0.15, 0.2) is 48.5 Å². The van der Waals surface area contributed by atoms with Crippen LogP contribution in [-0.2, 0) is 34.7 Å². The number of benzene rings is 2. The molecular formula is C22H36Cr2N2O4+2. The fraction of sp³-hybridized carbons (Fsp3) is 0.364. The van der Waals surface area contributed by atoms with Crippen LogP contribution in [-0.4, -0.2) is 61.2 Å². The zero-order chi connectivity index (χ0) is 22.3. The van der Waals surface area contributed by atoms with Gasteiger partial charge in [0.25, 0.3) is 0 Å². The summed E-state index contributed by atoms with van der Waals surface area (Å²) in [5, 5.41) is 30.4. The molecule has 8 heteroatoms. The summed E-state index contributed by atoms with van der Waals surface area (Å²) in [6.07, 6.45) is -2.33. The van der Waals surface area contributed by atoms with Crippen LogP contribution in [0.25, 0.3) is 0 Å². The van der Waals surface area contributed by atoms with Gasteiger partial charge in [-0.1, -0.05) is 35.6 Å². The summed E-state index contributed by atoms with van der Waals surface area (Å²) in [6, 6.07) is 16.2. The molecule has 0 fully saturated rings. The van der Waals surface area contributed by atoms with Crippen LogP contribution in [0, 0.1) is 13.8 Å². The summed E-state index contributed by atoms with van der Waals surface area (Å²) < 4.78 is 0. The minimum Gasteiger partial charge on any atom is -0.428 e. The number of nitrogens with zero attached hydrogens (tertiary/aromatic N) is 2. The Morgan fingerprint density at radius 1 is 0.600 bits per heavy atom. The predicted molar refractivity (Wildman–Crippen MR) is 118 cm³/mol. The second-order valence-electron chi connectivity index (χ2n) is 6.31. The van der Waals surface area contributed by atoms with Gasteiger partial charge in [0.1, 0.15) is 12.6 Å². The standard InChI is InChI=1S/2C9H12N.2C2H6O2.2Cr/c2*1-8-6-4-5-7-9(8)10(2)3;2*1-2(3)4;;/h2*4-7H,1H2,2-3H3;2*2-4H,1H3;;/q2*-1;;;2*+2. The van der Waals surface area contributed by atoms with E-state index in [0.717, 1.165) is 11.1 Å². The van der Waals surface area contributed by atoms with Crippen molar-refractivity contribution in [2.24, 2.45) is 0 Å². The zero-order valence-electron chi connectivity index (χ0n) is 18.7. The summed E-state index contributed by atoms with van der Waals surface area (Å²) in [4.78, 5) is 4.12. The van der Waals surface area contributed by atoms with Gasteiger partial charge in [0.05, 0.1) is 0 Å². The van der Waals surface area contributed by atoms with E-state index in [9.17, 15) is 0 Å². The first kappa shape index (κ1) is 36.1. The van der Waals surface area contributed by atoms with Crippen LogP contribution in [0.2, 0.25) is 0 Å². The molecule has 0 unspecified atom stereocenters. The molecule has 0 aliphatic heterocycles. The van der Waals surface area contributed by atoms with E-state index in [1.165, 1.54) is 25.2 Å². The van der Waals surface area contributed by atoms with E-state index >= 15 is 0 Å². The largest absolute Gasteiger partial charge is 2.00 e. The minimum atomic E-state index is -1.17. The third-order valence-electron chi connectivity index (χ3n) is 2.95. The summed E-state index contributed by atoms with van der Waals surface area (Å²) in [5.74, 6) is 0. The average Bonchev–Trinajstić information content (AvgIpc) is 2.54. The van der Waals surface area contributed by atoms with Gasteiger partial charge >= 0.3 is 34.7 Å². The Labute approximate surface area is 204 Å². The van der Waals surface area contributed by atoms with Gasteiger partial charge in [0, 0.05) is 0 Å². The molecule has 0 heterocycles. The Bertz CT molecular complexity index is 579. The molecule has 0 saturated carbocycles. The van der Waals surface area contributed by atoms with Crippen molar-refractivity contribution in [2.75, 3.05) is 38.0 Å². The third-order valence-corrected chi connectivity index (χ3v) is 2.95. The summed E-state index contributed by atoms with van der Waals surface area (Å²) in [6.45, 7) is 10.4. The van der Waals surface area contributed by atoms with Crippen molar-refractivity contribution in [2.45, 2.75) is 26.4 Å². The normalized spacial score (nSPS) is 8.67. The molecule has 168 valence electrons. The second kappa shape index (κ2) is 20.9. The molecule has 2 rings (SSSR count). The molecule has 30 heavy (non-hydrogen) atoms. The van der Waals surface area contributed by atoms with Gasteiger partial charge in [0.15, 0.2) is 0 Å². The van der Waals surface area contributed by atoms with E-state index in [1.807, 2.05) is 64.6 Å². The van der Waals surface area contributed by atoms with Crippen molar-refractivity contribution in [3.05, 3.63) is 73.5 Å². The van der Waals surface area contributed by atoms with Crippen LogP contribution in [0.4, 0.5) is 11.4 Å². The summed E-state index contributed by atoms with van der Waals surface area (Å²) in [7, 11) is 8.07. The Morgan fingerprint density at radius 3 is 0.933 bits per heavy atom. The maximum absolute atomic E-state index is 7.61. The molecule has 0 aromatic heterocycles. The zero-order valence-corrected chi connectivity index (χ0v) is 21.2. The molecular weight excluding hydrogens is 460 g/mol. The van der Waals surface area contributed by atoms with E-state index in [0.29, 0.717) is 0 Å². The second-order valence-corrected chi connectivity index (χ2v) is 6.31. The van der Waals surface area contributed by atoms with E-state index in [2.05, 4.69) is 35.8 Å². The molecule has 0 amide bonds. The van der Waals surface area contributed by atoms with E-state index in [4.69, 9.17) is 20.4 Å². The number of hydrogen-bond donors (Lipinski definition) is 4. The molecule has 0 spiro atoms. The fourth-order valence-corrected chi connectivity index (χ4v) is 1.89. The number of aliphatic hydroxyl groups is 4. The van der Waals surface area contributed by atoms with Gasteiger partial charge in [-0.05, 0) is 42.0 Å². The van der Waals surface area contributed by atoms with Crippen molar-refractivity contribution in [3.63, 3.8) is 0 Å². The van der Waals surface area contributed by atoms with Crippen LogP contribution in [0.3, 0.4) is 0 Å². The molecule has 0 radical (unpaired) electrons. The molecule has 0 aliphatic carbocycles. The number of para-hydroxylation sites is 2. The quantitative estimate of drug-likeness (QED) is 0.378. The predicted octanol–water partition coefficient (Wildman–Crippen LogP) is 2.50. The monoisotopic (exact) mass is 496 g/mol. The molecule has 4 N–H and O–H groups in total. The van der Waals surface area contributed by atoms with Crippen LogP contribution in [0.5, 0.6) is 0 Å². The minimum absolute atomic E-state index is 0. The Hall–Kier alpha value is -1.32. The van der Waals surface area contributed by atoms with Gasteiger partial charge < -0.3 is 30.2 Å². The third kappa shape index (κ3) is 21.4. The summed E-state index contributed by atoms with van der Waals surface area (Å²) >= 11 is 0. The average molecular weight is 497 g/mol. The van der Waals surface area contributed by atoms with Crippen LogP contribution < -0.4 is 9.80 Å². The smallest absolute Gasteiger partial charge is 0.428 e. The van der Waals surface area contributed by atoms with Gasteiger partial charge in [-0.15, -0.1) is 12.1 Å². The first-order valence-corrected chi connectivity index (χ1v) is 8.79. The topological polar surface area (TPSA) is 87.4 Å². The van der Waals surface area contributed by atoms with E-state index in [1.54, 1.807) is 0 Å².